The molecule has 0 fully saturated rings. The van der Waals surface area contributed by atoms with Gasteiger partial charge in [0, 0.05) is 22.7 Å². The van der Waals surface area contributed by atoms with E-state index in [9.17, 15) is 4.79 Å². The molecule has 8 nitrogen and oxygen atoms in total. The van der Waals surface area contributed by atoms with Crippen LogP contribution in [-0.4, -0.2) is 31.0 Å². The largest absolute Gasteiger partial charge is 0.386 e. The van der Waals surface area contributed by atoms with Crippen molar-refractivity contribution in [1.82, 2.24) is 19.2 Å². The Morgan fingerprint density at radius 2 is 1.87 bits per heavy atom. The first kappa shape index (κ1) is 15.2. The molecule has 116 valence electrons. The van der Waals surface area contributed by atoms with Gasteiger partial charge in [0.25, 0.3) is 0 Å². The minimum Gasteiger partial charge on any atom is -0.384 e. The molecule has 10 heteroatoms. The molecule has 0 spiro atoms. The highest BCUT2D eigenvalue weighted by Crippen LogP contribution is 2.18. The third kappa shape index (κ3) is 3.93. The lowest BCUT2D eigenvalue weighted by atomic mass is 10.1. The van der Waals surface area contributed by atoms with Crippen LogP contribution in [0.1, 0.15) is 16.1 Å². The van der Waals surface area contributed by atoms with E-state index >= 15 is 0 Å². The van der Waals surface area contributed by atoms with Crippen LogP contribution in [0.15, 0.2) is 40.2 Å². The molecule has 2 aromatic heterocycles. The predicted molar refractivity (Wildman–Crippen MR) is 86.0 cm³/mol. The van der Waals surface area contributed by atoms with Gasteiger partial charge in [0.2, 0.25) is 0 Å². The highest BCUT2D eigenvalue weighted by atomic mass is 32.1. The van der Waals surface area contributed by atoms with Crippen molar-refractivity contribution in [3.8, 4) is 11.3 Å². The number of nitrogens with zero attached hydrogens (tertiary/aromatic N) is 5. The lowest BCUT2D eigenvalue weighted by Gasteiger charge is -2.02. The average Bonchev–Trinajstić information content (AvgIpc) is 3.26. The summed E-state index contributed by atoms with van der Waals surface area (Å²) in [6.45, 7) is 0. The van der Waals surface area contributed by atoms with E-state index in [0.29, 0.717) is 6.42 Å². The Kier molecular flexibility index (Phi) is 4.64. The van der Waals surface area contributed by atoms with Crippen molar-refractivity contribution in [1.29, 1.82) is 0 Å². The van der Waals surface area contributed by atoms with Gasteiger partial charge in [0.15, 0.2) is 5.69 Å². The molecule has 0 bridgehead atoms. The minimum atomic E-state index is -0.687. The van der Waals surface area contributed by atoms with Crippen molar-refractivity contribution in [2.24, 2.45) is 10.9 Å². The molecule has 0 saturated carbocycles. The number of carbonyl (C=O) groups is 1. The van der Waals surface area contributed by atoms with Crippen molar-refractivity contribution in [2.45, 2.75) is 6.42 Å². The first-order valence-corrected chi connectivity index (χ1v) is 8.07. The summed E-state index contributed by atoms with van der Waals surface area (Å²) < 4.78 is 7.40. The summed E-state index contributed by atoms with van der Waals surface area (Å²) in [7, 11) is 0. The Balaban J connectivity index is 1.60. The van der Waals surface area contributed by atoms with Gasteiger partial charge < -0.3 is 10.6 Å². The summed E-state index contributed by atoms with van der Waals surface area (Å²) in [5.74, 6) is -0.502. The number of rotatable bonds is 5. The molecule has 0 aliphatic carbocycles. The summed E-state index contributed by atoms with van der Waals surface area (Å²) >= 11 is 2.35. The zero-order valence-corrected chi connectivity index (χ0v) is 13.3. The number of carbonyl (C=O) groups excluding carboxylic acids is 1. The zero-order chi connectivity index (χ0) is 16.1. The van der Waals surface area contributed by atoms with E-state index in [-0.39, 0.29) is 11.5 Å². The van der Waals surface area contributed by atoms with Crippen molar-refractivity contribution in [2.75, 3.05) is 0 Å². The summed E-state index contributed by atoms with van der Waals surface area (Å²) in [5.41, 5.74) is 8.60. The minimum absolute atomic E-state index is 0.104. The topological polar surface area (TPSA) is 116 Å². The Morgan fingerprint density at radius 1 is 1.13 bits per heavy atom. The van der Waals surface area contributed by atoms with E-state index in [4.69, 9.17) is 10.6 Å². The Hall–Kier alpha value is -2.72. The van der Waals surface area contributed by atoms with Gasteiger partial charge in [-0.3, -0.25) is 0 Å². The van der Waals surface area contributed by atoms with E-state index in [1.807, 2.05) is 29.6 Å². The smallest absolute Gasteiger partial charge is 0.384 e. The lowest BCUT2D eigenvalue weighted by molar-refractivity contribution is 0.0508. The number of benzene rings is 1. The second kappa shape index (κ2) is 7.03. The molecule has 0 radical (unpaired) electrons. The summed E-state index contributed by atoms with van der Waals surface area (Å²) in [6, 6.07) is 7.66. The molecule has 0 aliphatic heterocycles. The SMILES string of the molecule is NC(Cc1ccc(-c2csnn2)cc1)=NOC(=O)c1csnn1. The fraction of sp³-hybridized carbons (Fsp3) is 0.0769. The van der Waals surface area contributed by atoms with Crippen molar-refractivity contribution in [3.63, 3.8) is 0 Å². The van der Waals surface area contributed by atoms with Crippen LogP contribution in [-0.2, 0) is 11.3 Å². The fourth-order valence-electron chi connectivity index (χ4n) is 1.73. The number of aromatic nitrogens is 4. The monoisotopic (exact) mass is 346 g/mol. The maximum absolute atomic E-state index is 11.5. The van der Waals surface area contributed by atoms with E-state index in [1.54, 1.807) is 0 Å². The standard InChI is InChI=1S/C13H10N6O2S2/c14-12(17-21-13(20)11-7-23-19-16-11)5-8-1-3-9(4-2-8)10-6-22-18-15-10/h1-4,6-7H,5H2,(H2,14,17). The van der Waals surface area contributed by atoms with Crippen LogP contribution in [0, 0.1) is 0 Å². The van der Waals surface area contributed by atoms with Gasteiger partial charge in [-0.2, -0.15) is 0 Å². The van der Waals surface area contributed by atoms with Crippen molar-refractivity contribution in [3.05, 3.63) is 46.3 Å². The van der Waals surface area contributed by atoms with Gasteiger partial charge in [0.05, 0.1) is 0 Å². The second-order valence-corrected chi connectivity index (χ2v) is 5.64. The highest BCUT2D eigenvalue weighted by molar-refractivity contribution is 7.03. The molecule has 0 atom stereocenters. The molecular weight excluding hydrogens is 336 g/mol. The molecule has 3 aromatic rings. The Morgan fingerprint density at radius 3 is 2.52 bits per heavy atom. The van der Waals surface area contributed by atoms with Gasteiger partial charge in [-0.25, -0.2) is 4.79 Å². The fourth-order valence-corrected chi connectivity index (χ4v) is 2.62. The molecular formula is C13H10N6O2S2. The number of amidine groups is 1. The maximum atomic E-state index is 11.5. The molecule has 2 heterocycles. The number of oxime groups is 1. The van der Waals surface area contributed by atoms with Crippen LogP contribution in [0.3, 0.4) is 0 Å². The Labute approximate surface area is 138 Å². The van der Waals surface area contributed by atoms with E-state index in [0.717, 1.165) is 28.4 Å². The lowest BCUT2D eigenvalue weighted by Crippen LogP contribution is -2.16. The molecule has 0 unspecified atom stereocenters. The molecule has 23 heavy (non-hydrogen) atoms. The summed E-state index contributed by atoms with van der Waals surface area (Å²) in [6.07, 6.45) is 0.359. The number of hydrogen-bond acceptors (Lipinski definition) is 9. The first-order chi connectivity index (χ1) is 11.2. The van der Waals surface area contributed by atoms with Crippen LogP contribution in [0.25, 0.3) is 11.3 Å². The highest BCUT2D eigenvalue weighted by Gasteiger charge is 2.10. The molecule has 0 aliphatic rings. The quantitative estimate of drug-likeness (QED) is 0.323. The van der Waals surface area contributed by atoms with E-state index in [2.05, 4.69) is 24.3 Å². The first-order valence-electron chi connectivity index (χ1n) is 6.39. The van der Waals surface area contributed by atoms with Crippen LogP contribution >= 0.6 is 23.1 Å². The molecule has 2 N–H and O–H groups in total. The van der Waals surface area contributed by atoms with Crippen LogP contribution < -0.4 is 5.73 Å². The maximum Gasteiger partial charge on any atom is 0.386 e. The Bertz CT molecular complexity index is 800. The number of nitrogens with two attached hydrogens (primary N) is 1. The van der Waals surface area contributed by atoms with Crippen LogP contribution in [0.2, 0.25) is 0 Å². The van der Waals surface area contributed by atoms with Crippen LogP contribution in [0.4, 0.5) is 0 Å². The molecule has 3 rings (SSSR count). The predicted octanol–water partition coefficient (Wildman–Crippen LogP) is 1.73. The molecule has 0 amide bonds. The number of hydrogen-bond donors (Lipinski definition) is 1. The second-order valence-electron chi connectivity index (χ2n) is 4.42. The average molecular weight is 346 g/mol. The zero-order valence-electron chi connectivity index (χ0n) is 11.6. The van der Waals surface area contributed by atoms with Gasteiger partial charge >= 0.3 is 5.97 Å². The van der Waals surface area contributed by atoms with Crippen molar-refractivity contribution >= 4 is 34.9 Å². The molecule has 0 saturated heterocycles. The van der Waals surface area contributed by atoms with Crippen molar-refractivity contribution < 1.29 is 9.63 Å². The summed E-state index contributed by atoms with van der Waals surface area (Å²) in [4.78, 5) is 16.3. The van der Waals surface area contributed by atoms with Gasteiger partial charge in [-0.15, -0.1) is 10.2 Å². The summed E-state index contributed by atoms with van der Waals surface area (Å²) in [5, 5.41) is 14.5. The van der Waals surface area contributed by atoms with E-state index in [1.165, 1.54) is 16.9 Å². The van der Waals surface area contributed by atoms with Crippen LogP contribution in [0.5, 0.6) is 0 Å². The third-order valence-electron chi connectivity index (χ3n) is 2.81. The van der Waals surface area contributed by atoms with E-state index < -0.39 is 5.97 Å². The third-order valence-corrected chi connectivity index (χ3v) is 3.82. The van der Waals surface area contributed by atoms with Gasteiger partial charge in [-0.1, -0.05) is 38.4 Å². The van der Waals surface area contributed by atoms with Gasteiger partial charge in [0.1, 0.15) is 11.5 Å². The molecule has 1 aromatic carbocycles. The van der Waals surface area contributed by atoms with Gasteiger partial charge in [-0.05, 0) is 28.6 Å². The normalized spacial score (nSPS) is 11.4.